The summed E-state index contributed by atoms with van der Waals surface area (Å²) in [5, 5.41) is 6.63. The van der Waals surface area contributed by atoms with Crippen LogP contribution in [0.15, 0.2) is 36.4 Å². The minimum absolute atomic E-state index is 0.252. The Morgan fingerprint density at radius 3 is 2.74 bits per heavy atom. The quantitative estimate of drug-likeness (QED) is 0.844. The molecule has 0 fully saturated rings. The van der Waals surface area contributed by atoms with Crippen LogP contribution >= 0.6 is 12.2 Å². The molecule has 4 nitrogen and oxygen atoms in total. The molecule has 1 aliphatic heterocycles. The summed E-state index contributed by atoms with van der Waals surface area (Å²) in [6.45, 7) is 3.50. The smallest absolute Gasteiger partial charge is 0.171 e. The van der Waals surface area contributed by atoms with E-state index in [1.54, 1.807) is 6.07 Å². The molecule has 120 valence electrons. The van der Waals surface area contributed by atoms with Gasteiger partial charge in [0.05, 0.1) is 0 Å². The molecule has 6 heteroatoms. The third-order valence-corrected chi connectivity index (χ3v) is 3.80. The number of anilines is 1. The van der Waals surface area contributed by atoms with Gasteiger partial charge in [0.1, 0.15) is 19.0 Å². The van der Waals surface area contributed by atoms with E-state index in [0.29, 0.717) is 30.6 Å². The van der Waals surface area contributed by atoms with Gasteiger partial charge < -0.3 is 20.1 Å². The zero-order valence-corrected chi connectivity index (χ0v) is 13.5. The predicted molar refractivity (Wildman–Crippen MR) is 91.6 cm³/mol. The predicted octanol–water partition coefficient (Wildman–Crippen LogP) is 3.39. The van der Waals surface area contributed by atoms with Crippen molar-refractivity contribution in [3.63, 3.8) is 0 Å². The Bertz CT molecular complexity index is 737. The topological polar surface area (TPSA) is 42.5 Å². The summed E-state index contributed by atoms with van der Waals surface area (Å²) < 4.78 is 24.3. The lowest BCUT2D eigenvalue weighted by molar-refractivity contribution is 0.171. The number of halogens is 1. The molecule has 0 spiro atoms. The van der Waals surface area contributed by atoms with Crippen molar-refractivity contribution in [3.8, 4) is 11.5 Å². The monoisotopic (exact) mass is 332 g/mol. The lowest BCUT2D eigenvalue weighted by Gasteiger charge is -2.19. The lowest BCUT2D eigenvalue weighted by Crippen LogP contribution is -2.28. The van der Waals surface area contributed by atoms with E-state index in [2.05, 4.69) is 10.6 Å². The Morgan fingerprint density at radius 1 is 1.13 bits per heavy atom. The largest absolute Gasteiger partial charge is 0.486 e. The molecule has 1 aliphatic rings. The fourth-order valence-electron chi connectivity index (χ4n) is 2.30. The Labute approximate surface area is 139 Å². The van der Waals surface area contributed by atoms with Crippen molar-refractivity contribution in [2.45, 2.75) is 13.5 Å². The van der Waals surface area contributed by atoms with E-state index in [9.17, 15) is 4.39 Å². The number of benzene rings is 2. The van der Waals surface area contributed by atoms with Crippen molar-refractivity contribution in [1.82, 2.24) is 5.32 Å². The van der Waals surface area contributed by atoms with Gasteiger partial charge in [-0.3, -0.25) is 0 Å². The average Bonchev–Trinajstić information content (AvgIpc) is 2.55. The maximum Gasteiger partial charge on any atom is 0.171 e. The van der Waals surface area contributed by atoms with Crippen molar-refractivity contribution in [2.75, 3.05) is 18.5 Å². The highest BCUT2D eigenvalue weighted by atomic mass is 32.1. The molecule has 2 aromatic carbocycles. The molecule has 0 bridgehead atoms. The van der Waals surface area contributed by atoms with E-state index >= 15 is 0 Å². The van der Waals surface area contributed by atoms with Gasteiger partial charge in [-0.15, -0.1) is 0 Å². The third-order valence-electron chi connectivity index (χ3n) is 3.55. The zero-order chi connectivity index (χ0) is 16.2. The molecule has 0 saturated carbocycles. The Balaban J connectivity index is 1.60. The van der Waals surface area contributed by atoms with Crippen molar-refractivity contribution < 1.29 is 13.9 Å². The summed E-state index contributed by atoms with van der Waals surface area (Å²) in [6.07, 6.45) is 0. The van der Waals surface area contributed by atoms with Crippen molar-refractivity contribution in [2.24, 2.45) is 0 Å². The second-order valence-corrected chi connectivity index (χ2v) is 5.65. The van der Waals surface area contributed by atoms with Gasteiger partial charge in [-0.2, -0.15) is 0 Å². The number of thiocarbonyl (C=S) groups is 1. The van der Waals surface area contributed by atoms with Gasteiger partial charge in [0.15, 0.2) is 16.6 Å². The molecule has 2 aromatic rings. The molecular weight excluding hydrogens is 315 g/mol. The molecule has 0 radical (unpaired) electrons. The first-order valence-corrected chi connectivity index (χ1v) is 7.72. The minimum atomic E-state index is -0.252. The second-order valence-electron chi connectivity index (χ2n) is 5.24. The van der Waals surface area contributed by atoms with Gasteiger partial charge >= 0.3 is 0 Å². The van der Waals surface area contributed by atoms with E-state index in [-0.39, 0.29) is 5.82 Å². The van der Waals surface area contributed by atoms with Crippen LogP contribution in [0.25, 0.3) is 0 Å². The van der Waals surface area contributed by atoms with Crippen LogP contribution in [0.2, 0.25) is 0 Å². The fourth-order valence-corrected chi connectivity index (χ4v) is 2.49. The van der Waals surface area contributed by atoms with Crippen molar-refractivity contribution in [3.05, 3.63) is 53.3 Å². The maximum atomic E-state index is 13.3. The van der Waals surface area contributed by atoms with Crippen LogP contribution in [0, 0.1) is 12.7 Å². The van der Waals surface area contributed by atoms with Gasteiger partial charge in [-0.05, 0) is 54.5 Å². The number of ether oxygens (including phenoxy) is 2. The van der Waals surface area contributed by atoms with E-state index < -0.39 is 0 Å². The maximum absolute atomic E-state index is 13.3. The van der Waals surface area contributed by atoms with Gasteiger partial charge in [-0.1, -0.05) is 6.07 Å². The summed E-state index contributed by atoms with van der Waals surface area (Å²) >= 11 is 5.28. The summed E-state index contributed by atoms with van der Waals surface area (Å²) in [7, 11) is 0. The van der Waals surface area contributed by atoms with Crippen LogP contribution in [-0.2, 0) is 6.54 Å². The Morgan fingerprint density at radius 2 is 1.91 bits per heavy atom. The number of fused-ring (bicyclic) bond motifs is 1. The fraction of sp³-hybridized carbons (Fsp3) is 0.235. The normalized spacial score (nSPS) is 12.6. The molecule has 2 N–H and O–H groups in total. The molecular formula is C17H17FN2O2S. The molecule has 3 rings (SSSR count). The SMILES string of the molecule is Cc1ccc(F)cc1CNC(=S)Nc1ccc2c(c1)OCCO2. The van der Waals surface area contributed by atoms with Crippen molar-refractivity contribution in [1.29, 1.82) is 0 Å². The second kappa shape index (κ2) is 6.83. The number of hydrogen-bond acceptors (Lipinski definition) is 3. The molecule has 0 aromatic heterocycles. The Kier molecular flexibility index (Phi) is 4.62. The first kappa shape index (κ1) is 15.6. The highest BCUT2D eigenvalue weighted by Gasteiger charge is 2.12. The average molecular weight is 332 g/mol. The molecule has 0 saturated heterocycles. The van der Waals surface area contributed by atoms with Crippen LogP contribution < -0.4 is 20.1 Å². The van der Waals surface area contributed by atoms with Crippen LogP contribution in [-0.4, -0.2) is 18.3 Å². The van der Waals surface area contributed by atoms with Crippen LogP contribution in [0.4, 0.5) is 10.1 Å². The Hall–Kier alpha value is -2.34. The van der Waals surface area contributed by atoms with E-state index in [4.69, 9.17) is 21.7 Å². The zero-order valence-electron chi connectivity index (χ0n) is 12.7. The molecule has 0 atom stereocenters. The van der Waals surface area contributed by atoms with E-state index in [1.165, 1.54) is 12.1 Å². The van der Waals surface area contributed by atoms with Crippen LogP contribution in [0.5, 0.6) is 11.5 Å². The molecule has 0 amide bonds. The summed E-state index contributed by atoms with van der Waals surface area (Å²) in [6, 6.07) is 10.3. The lowest BCUT2D eigenvalue weighted by atomic mass is 10.1. The molecule has 0 unspecified atom stereocenters. The van der Waals surface area contributed by atoms with E-state index in [0.717, 1.165) is 22.6 Å². The van der Waals surface area contributed by atoms with Gasteiger partial charge in [0.2, 0.25) is 0 Å². The number of aryl methyl sites for hydroxylation is 1. The minimum Gasteiger partial charge on any atom is -0.486 e. The van der Waals surface area contributed by atoms with Crippen LogP contribution in [0.3, 0.4) is 0 Å². The summed E-state index contributed by atoms with van der Waals surface area (Å²) in [5.41, 5.74) is 2.69. The van der Waals surface area contributed by atoms with Crippen LogP contribution in [0.1, 0.15) is 11.1 Å². The van der Waals surface area contributed by atoms with E-state index in [1.807, 2.05) is 25.1 Å². The van der Waals surface area contributed by atoms with Gasteiger partial charge in [-0.25, -0.2) is 4.39 Å². The molecule has 0 aliphatic carbocycles. The first-order chi connectivity index (χ1) is 11.1. The number of rotatable bonds is 3. The van der Waals surface area contributed by atoms with Gasteiger partial charge in [0.25, 0.3) is 0 Å². The highest BCUT2D eigenvalue weighted by molar-refractivity contribution is 7.80. The third kappa shape index (κ3) is 3.90. The van der Waals surface area contributed by atoms with Crippen molar-refractivity contribution >= 4 is 23.0 Å². The highest BCUT2D eigenvalue weighted by Crippen LogP contribution is 2.32. The molecule has 23 heavy (non-hydrogen) atoms. The summed E-state index contributed by atoms with van der Waals surface area (Å²) in [4.78, 5) is 0. The molecule has 1 heterocycles. The summed E-state index contributed by atoms with van der Waals surface area (Å²) in [5.74, 6) is 1.18. The first-order valence-electron chi connectivity index (χ1n) is 7.31. The number of hydrogen-bond donors (Lipinski definition) is 2. The van der Waals surface area contributed by atoms with Gasteiger partial charge in [0, 0.05) is 18.3 Å². The number of nitrogens with one attached hydrogen (secondary N) is 2. The standard InChI is InChI=1S/C17H17FN2O2S/c1-11-2-3-13(18)8-12(11)10-19-17(23)20-14-4-5-15-16(9-14)22-7-6-21-15/h2-5,8-9H,6-7,10H2,1H3,(H2,19,20,23).